The molecule has 11 heavy (non-hydrogen) atoms. The number of carboxylic acids is 2. The van der Waals surface area contributed by atoms with Crippen molar-refractivity contribution in [3.05, 3.63) is 0 Å². The van der Waals surface area contributed by atoms with Crippen LogP contribution in [0.4, 0.5) is 0 Å². The van der Waals surface area contributed by atoms with Gasteiger partial charge in [-0.2, -0.15) is 0 Å². The van der Waals surface area contributed by atoms with Gasteiger partial charge in [0, 0.05) is 25.9 Å². The third-order valence-corrected chi connectivity index (χ3v) is 0.986. The van der Waals surface area contributed by atoms with Gasteiger partial charge < -0.3 is 15.9 Å². The number of carboxylic acid groups (broad SMARTS) is 2. The van der Waals surface area contributed by atoms with Gasteiger partial charge in [-0.3, -0.25) is 9.59 Å². The molecule has 0 saturated carbocycles. The van der Waals surface area contributed by atoms with E-state index < -0.39 is 18.0 Å². The van der Waals surface area contributed by atoms with Crippen LogP contribution >= 0.6 is 0 Å². The van der Waals surface area contributed by atoms with Crippen molar-refractivity contribution >= 4 is 11.9 Å². The largest absolute Gasteiger partial charge is 0.481 e. The standard InChI is InChI=1S/C5H9NO4.Zn/c6-3(5(9)10)1-2-4(7)8;/h3H,1-2,6H2,(H,7,8)(H,9,10);. The Morgan fingerprint density at radius 2 is 1.82 bits per heavy atom. The molecule has 0 aromatic carbocycles. The summed E-state index contributed by atoms with van der Waals surface area (Å²) in [5, 5.41) is 16.3. The number of nitrogens with two attached hydrogens (primary N) is 1. The third-order valence-electron chi connectivity index (χ3n) is 0.986. The molecule has 0 aliphatic heterocycles. The summed E-state index contributed by atoms with van der Waals surface area (Å²) < 4.78 is 0. The molecule has 0 aromatic heterocycles. The molecular weight excluding hydrogens is 203 g/mol. The smallest absolute Gasteiger partial charge is 0.320 e. The predicted octanol–water partition coefficient (Wildman–Crippen LogP) is -0.739. The molecule has 0 radical (unpaired) electrons. The molecule has 0 saturated heterocycles. The van der Waals surface area contributed by atoms with Crippen LogP contribution in [0.2, 0.25) is 0 Å². The number of hydrogen-bond donors (Lipinski definition) is 3. The molecule has 1 unspecified atom stereocenters. The number of carbonyl (C=O) groups is 2. The Labute approximate surface area is 76.3 Å². The molecule has 1 atom stereocenters. The Morgan fingerprint density at radius 3 is 2.09 bits per heavy atom. The van der Waals surface area contributed by atoms with Crippen molar-refractivity contribution < 1.29 is 39.3 Å². The number of aliphatic carboxylic acids is 2. The van der Waals surface area contributed by atoms with Crippen LogP contribution < -0.4 is 5.73 Å². The molecule has 0 aliphatic carbocycles. The van der Waals surface area contributed by atoms with Crippen LogP contribution in [0.1, 0.15) is 12.8 Å². The molecule has 4 N–H and O–H groups in total. The Kier molecular flexibility index (Phi) is 7.46. The minimum atomic E-state index is -1.17. The fourth-order valence-electron chi connectivity index (χ4n) is 0.402. The predicted molar refractivity (Wildman–Crippen MR) is 32.5 cm³/mol. The summed E-state index contributed by atoms with van der Waals surface area (Å²) in [7, 11) is 0. The second-order valence-electron chi connectivity index (χ2n) is 1.88. The van der Waals surface area contributed by atoms with Crippen molar-refractivity contribution in [1.29, 1.82) is 0 Å². The quantitative estimate of drug-likeness (QED) is 0.533. The van der Waals surface area contributed by atoms with E-state index in [1.54, 1.807) is 0 Å². The SMILES string of the molecule is NC(CCC(=O)O)C(=O)O.[Zn]. The molecule has 0 aliphatic rings. The van der Waals surface area contributed by atoms with E-state index >= 15 is 0 Å². The first-order chi connectivity index (χ1) is 4.54. The fraction of sp³-hybridized carbons (Fsp3) is 0.600. The summed E-state index contributed by atoms with van der Waals surface area (Å²) >= 11 is 0. The van der Waals surface area contributed by atoms with Crippen LogP contribution in [0.5, 0.6) is 0 Å². The third kappa shape index (κ3) is 7.42. The van der Waals surface area contributed by atoms with Crippen molar-refractivity contribution in [1.82, 2.24) is 0 Å². The van der Waals surface area contributed by atoms with Crippen molar-refractivity contribution in [2.75, 3.05) is 0 Å². The molecule has 0 bridgehead atoms. The topological polar surface area (TPSA) is 101 Å². The summed E-state index contributed by atoms with van der Waals surface area (Å²) in [6.45, 7) is 0. The molecule has 0 rings (SSSR count). The van der Waals surface area contributed by atoms with Gasteiger partial charge >= 0.3 is 11.9 Å². The molecule has 6 heteroatoms. The molecule has 0 spiro atoms. The van der Waals surface area contributed by atoms with Crippen molar-refractivity contribution in [2.24, 2.45) is 5.73 Å². The van der Waals surface area contributed by atoms with E-state index in [1.165, 1.54) is 0 Å². The van der Waals surface area contributed by atoms with Crippen LogP contribution in [0.25, 0.3) is 0 Å². The van der Waals surface area contributed by atoms with Gasteiger partial charge in [-0.05, 0) is 6.42 Å². The van der Waals surface area contributed by atoms with Gasteiger partial charge in [0.05, 0.1) is 0 Å². The molecule has 0 amide bonds. The summed E-state index contributed by atoms with van der Waals surface area (Å²) in [6, 6.07) is -1.06. The van der Waals surface area contributed by atoms with Crippen LogP contribution in [-0.4, -0.2) is 28.2 Å². The molecule has 0 fully saturated rings. The first-order valence-corrected chi connectivity index (χ1v) is 2.74. The van der Waals surface area contributed by atoms with Gasteiger partial charge in [0.1, 0.15) is 6.04 Å². The zero-order valence-corrected chi connectivity index (χ0v) is 8.95. The number of hydrogen-bond acceptors (Lipinski definition) is 3. The Hall–Kier alpha value is -0.477. The minimum absolute atomic E-state index is 0. The summed E-state index contributed by atoms with van der Waals surface area (Å²) in [6.07, 6.45) is -0.224. The van der Waals surface area contributed by atoms with E-state index in [0.717, 1.165) is 0 Å². The maximum absolute atomic E-state index is 9.99. The van der Waals surface area contributed by atoms with Crippen molar-refractivity contribution in [2.45, 2.75) is 18.9 Å². The van der Waals surface area contributed by atoms with E-state index in [4.69, 9.17) is 15.9 Å². The van der Waals surface area contributed by atoms with Crippen LogP contribution in [-0.2, 0) is 29.1 Å². The average Bonchev–Trinajstić information content (AvgIpc) is 1.82. The van der Waals surface area contributed by atoms with E-state index in [-0.39, 0.29) is 32.3 Å². The average molecular weight is 213 g/mol. The second kappa shape index (κ2) is 6.25. The molecule has 0 heterocycles. The van der Waals surface area contributed by atoms with Gasteiger partial charge in [0.25, 0.3) is 0 Å². The van der Waals surface area contributed by atoms with Crippen LogP contribution in [0.15, 0.2) is 0 Å². The second-order valence-corrected chi connectivity index (χ2v) is 1.88. The maximum Gasteiger partial charge on any atom is 0.320 e. The van der Waals surface area contributed by atoms with Crippen molar-refractivity contribution in [3.63, 3.8) is 0 Å². The maximum atomic E-state index is 9.99. The van der Waals surface area contributed by atoms with E-state index in [1.807, 2.05) is 0 Å². The van der Waals surface area contributed by atoms with Gasteiger partial charge in [0.2, 0.25) is 0 Å². The van der Waals surface area contributed by atoms with Gasteiger partial charge in [0.15, 0.2) is 0 Å². The Morgan fingerprint density at radius 1 is 1.36 bits per heavy atom. The monoisotopic (exact) mass is 211 g/mol. The summed E-state index contributed by atoms with van der Waals surface area (Å²) in [5.74, 6) is -2.20. The first-order valence-electron chi connectivity index (χ1n) is 2.74. The molecular formula is C5H9NO4Zn. The van der Waals surface area contributed by atoms with Gasteiger partial charge in [-0.25, -0.2) is 0 Å². The first kappa shape index (κ1) is 13.1. The van der Waals surface area contributed by atoms with Gasteiger partial charge in [-0.15, -0.1) is 0 Å². The zero-order chi connectivity index (χ0) is 8.15. The van der Waals surface area contributed by atoms with E-state index in [0.29, 0.717) is 0 Å². The van der Waals surface area contributed by atoms with Crippen molar-refractivity contribution in [3.8, 4) is 0 Å². The molecule has 60 valence electrons. The Bertz CT molecular complexity index is 149. The molecule has 5 nitrogen and oxygen atoms in total. The Balaban J connectivity index is 0. The zero-order valence-electron chi connectivity index (χ0n) is 5.99. The molecule has 0 aromatic rings. The minimum Gasteiger partial charge on any atom is -0.481 e. The van der Waals surface area contributed by atoms with E-state index in [9.17, 15) is 9.59 Å². The number of rotatable bonds is 4. The summed E-state index contributed by atoms with van der Waals surface area (Å²) in [4.78, 5) is 19.9. The summed E-state index contributed by atoms with van der Waals surface area (Å²) in [5.41, 5.74) is 5.00. The van der Waals surface area contributed by atoms with Crippen LogP contribution in [0, 0.1) is 0 Å². The van der Waals surface area contributed by atoms with Gasteiger partial charge in [-0.1, -0.05) is 0 Å². The van der Waals surface area contributed by atoms with E-state index in [2.05, 4.69) is 0 Å². The fourth-order valence-corrected chi connectivity index (χ4v) is 0.402. The van der Waals surface area contributed by atoms with Crippen LogP contribution in [0.3, 0.4) is 0 Å². The normalized spacial score (nSPS) is 11.4.